The van der Waals surface area contributed by atoms with Gasteiger partial charge in [0.15, 0.2) is 5.78 Å². The molecule has 5 nitrogen and oxygen atoms in total. The van der Waals surface area contributed by atoms with E-state index >= 15 is 0 Å². The van der Waals surface area contributed by atoms with Crippen LogP contribution in [0, 0.1) is 11.7 Å². The topological polar surface area (TPSA) is 65.0 Å². The van der Waals surface area contributed by atoms with E-state index in [0.717, 1.165) is 11.3 Å². The average Bonchev–Trinajstić information content (AvgIpc) is 2.78. The zero-order valence-corrected chi connectivity index (χ0v) is 17.7. The first-order valence-corrected chi connectivity index (χ1v) is 10.2. The summed E-state index contributed by atoms with van der Waals surface area (Å²) in [7, 11) is 2.94. The second-order valence-electron chi connectivity index (χ2n) is 7.95. The van der Waals surface area contributed by atoms with Crippen LogP contribution in [0.2, 0.25) is 0 Å². The van der Waals surface area contributed by atoms with E-state index in [2.05, 4.69) is 4.99 Å². The second-order valence-corrected chi connectivity index (χ2v) is 7.95. The van der Waals surface area contributed by atoms with Gasteiger partial charge in [-0.05, 0) is 54.7 Å². The molecular weight excluding hydrogens is 397 g/mol. The Balaban J connectivity index is 1.77. The van der Waals surface area contributed by atoms with E-state index in [9.17, 15) is 14.0 Å². The van der Waals surface area contributed by atoms with Crippen molar-refractivity contribution in [2.75, 3.05) is 14.2 Å². The van der Waals surface area contributed by atoms with E-state index in [4.69, 9.17) is 9.47 Å². The van der Waals surface area contributed by atoms with Crippen LogP contribution < -0.4 is 4.74 Å². The van der Waals surface area contributed by atoms with Crippen molar-refractivity contribution >= 4 is 17.5 Å². The number of Topliss-reactive ketones (excluding diaryl/α,β-unsaturated/α-hetero) is 1. The van der Waals surface area contributed by atoms with Crippen LogP contribution in [-0.4, -0.2) is 31.7 Å². The van der Waals surface area contributed by atoms with Crippen molar-refractivity contribution in [1.29, 1.82) is 0 Å². The summed E-state index contributed by atoms with van der Waals surface area (Å²) in [6.45, 7) is 1.78. The maximum Gasteiger partial charge on any atom is 0.315 e. The van der Waals surface area contributed by atoms with Gasteiger partial charge >= 0.3 is 5.97 Å². The molecule has 0 aromatic heterocycles. The number of aliphatic imine (C=N–C) groups is 1. The van der Waals surface area contributed by atoms with Crippen LogP contribution in [0.15, 0.2) is 64.8 Å². The molecule has 1 aliphatic heterocycles. The van der Waals surface area contributed by atoms with Crippen molar-refractivity contribution in [3.8, 4) is 5.75 Å². The van der Waals surface area contributed by atoms with E-state index in [0.29, 0.717) is 35.4 Å². The number of ether oxygens (including phenoxy) is 2. The number of halogens is 1. The molecule has 2 aromatic carbocycles. The third-order valence-corrected chi connectivity index (χ3v) is 6.16. The number of hydrogen-bond acceptors (Lipinski definition) is 5. The number of hydrogen-bond donors (Lipinski definition) is 0. The third-order valence-electron chi connectivity index (χ3n) is 6.16. The summed E-state index contributed by atoms with van der Waals surface area (Å²) in [4.78, 5) is 30.7. The van der Waals surface area contributed by atoms with Crippen molar-refractivity contribution in [3.05, 3.63) is 76.7 Å². The molecular formula is C25H24FNO4. The highest BCUT2D eigenvalue weighted by atomic mass is 19.1. The summed E-state index contributed by atoms with van der Waals surface area (Å²) in [5.74, 6) is -1.36. The molecule has 0 saturated carbocycles. The summed E-state index contributed by atoms with van der Waals surface area (Å²) in [5, 5.41) is 0. The number of ketones is 1. The van der Waals surface area contributed by atoms with Gasteiger partial charge in [-0.3, -0.25) is 14.6 Å². The monoisotopic (exact) mass is 421 g/mol. The van der Waals surface area contributed by atoms with Gasteiger partial charge in [0.1, 0.15) is 17.5 Å². The average molecular weight is 421 g/mol. The summed E-state index contributed by atoms with van der Waals surface area (Å²) < 4.78 is 23.8. The van der Waals surface area contributed by atoms with Crippen LogP contribution in [0.3, 0.4) is 0 Å². The van der Waals surface area contributed by atoms with Crippen LogP contribution in [-0.2, 0) is 14.3 Å². The molecule has 2 aromatic rings. The number of carbonyl (C=O) groups is 2. The Bertz CT molecular complexity index is 1070. The lowest BCUT2D eigenvalue weighted by Crippen LogP contribution is -2.37. The molecule has 0 saturated heterocycles. The number of rotatable bonds is 4. The number of allylic oxidation sites excluding steroid dienone is 2. The smallest absolute Gasteiger partial charge is 0.315 e. The molecule has 3 atom stereocenters. The Morgan fingerprint density at radius 3 is 2.26 bits per heavy atom. The zero-order chi connectivity index (χ0) is 22.1. The Morgan fingerprint density at radius 2 is 1.65 bits per heavy atom. The molecule has 31 heavy (non-hydrogen) atoms. The molecule has 1 heterocycles. The molecule has 4 rings (SSSR count). The van der Waals surface area contributed by atoms with Crippen LogP contribution in [0.1, 0.15) is 42.7 Å². The molecule has 0 fully saturated rings. The van der Waals surface area contributed by atoms with E-state index in [-0.39, 0.29) is 17.5 Å². The van der Waals surface area contributed by atoms with E-state index in [1.54, 1.807) is 26.2 Å². The largest absolute Gasteiger partial charge is 0.497 e. The minimum absolute atomic E-state index is 0.00255. The fourth-order valence-corrected chi connectivity index (χ4v) is 4.63. The molecule has 1 unspecified atom stereocenters. The van der Waals surface area contributed by atoms with Crippen LogP contribution in [0.5, 0.6) is 5.75 Å². The molecule has 0 spiro atoms. The predicted molar refractivity (Wildman–Crippen MR) is 115 cm³/mol. The molecule has 2 aliphatic rings. The summed E-state index contributed by atoms with van der Waals surface area (Å²) in [6, 6.07) is 13.6. The maximum absolute atomic E-state index is 13.6. The van der Waals surface area contributed by atoms with Crippen molar-refractivity contribution in [3.63, 3.8) is 0 Å². The highest BCUT2D eigenvalue weighted by molar-refractivity contribution is 6.09. The SMILES string of the molecule is COC(=O)C1C(C)=NC2=C(C(=O)C[C@@H](c3ccc(OC)cc3)C2)[C@@H]1c1ccc(F)cc1. The molecule has 0 bridgehead atoms. The number of benzene rings is 2. The first kappa shape index (κ1) is 21.0. The Labute approximate surface area is 180 Å². The number of methoxy groups -OCH3 is 2. The highest BCUT2D eigenvalue weighted by Crippen LogP contribution is 2.46. The standard InChI is InChI=1S/C25H24FNO4/c1-14-22(25(29)31-3)23(16-4-8-18(26)9-5-16)24-20(27-14)12-17(13-21(24)28)15-6-10-19(30-2)11-7-15/h4-11,17,22-23H,12-13H2,1-3H3/t17-,22?,23+/m0/s1. The fourth-order valence-electron chi connectivity index (χ4n) is 4.63. The van der Waals surface area contributed by atoms with Crippen LogP contribution >= 0.6 is 0 Å². The first-order chi connectivity index (χ1) is 14.9. The zero-order valence-electron chi connectivity index (χ0n) is 17.7. The highest BCUT2D eigenvalue weighted by Gasteiger charge is 2.44. The minimum atomic E-state index is -0.712. The van der Waals surface area contributed by atoms with Gasteiger partial charge in [0.05, 0.1) is 14.2 Å². The summed E-state index contributed by atoms with van der Waals surface area (Å²) in [6.07, 6.45) is 0.918. The van der Waals surface area contributed by atoms with Gasteiger partial charge in [0.25, 0.3) is 0 Å². The van der Waals surface area contributed by atoms with E-state index < -0.39 is 17.8 Å². The molecule has 6 heteroatoms. The van der Waals surface area contributed by atoms with Crippen molar-refractivity contribution in [1.82, 2.24) is 0 Å². The van der Waals surface area contributed by atoms with Gasteiger partial charge < -0.3 is 9.47 Å². The van der Waals surface area contributed by atoms with Crippen LogP contribution in [0.4, 0.5) is 4.39 Å². The maximum atomic E-state index is 13.6. The van der Waals surface area contributed by atoms with Gasteiger partial charge in [0, 0.05) is 29.3 Å². The van der Waals surface area contributed by atoms with Crippen molar-refractivity contribution in [2.24, 2.45) is 10.9 Å². The number of nitrogens with zero attached hydrogens (tertiary/aromatic N) is 1. The molecule has 0 N–H and O–H groups in total. The number of esters is 1. The number of carbonyl (C=O) groups excluding carboxylic acids is 2. The van der Waals surface area contributed by atoms with Gasteiger partial charge in [-0.1, -0.05) is 24.3 Å². The van der Waals surface area contributed by atoms with Gasteiger partial charge in [0.2, 0.25) is 0 Å². The summed E-state index contributed by atoms with van der Waals surface area (Å²) >= 11 is 0. The predicted octanol–water partition coefficient (Wildman–Crippen LogP) is 4.58. The second kappa shape index (κ2) is 8.46. The molecule has 0 amide bonds. The minimum Gasteiger partial charge on any atom is -0.497 e. The Morgan fingerprint density at radius 1 is 1.00 bits per heavy atom. The molecule has 160 valence electrons. The van der Waals surface area contributed by atoms with Gasteiger partial charge in [-0.25, -0.2) is 4.39 Å². The van der Waals surface area contributed by atoms with E-state index in [1.807, 2.05) is 24.3 Å². The van der Waals surface area contributed by atoms with Crippen molar-refractivity contribution in [2.45, 2.75) is 31.6 Å². The molecule has 1 aliphatic carbocycles. The Hall–Kier alpha value is -3.28. The lowest BCUT2D eigenvalue weighted by molar-refractivity contribution is -0.143. The lowest BCUT2D eigenvalue weighted by atomic mass is 9.69. The fraction of sp³-hybridized carbons (Fsp3) is 0.320. The third kappa shape index (κ3) is 3.90. The Kier molecular flexibility index (Phi) is 5.72. The normalized spacial score (nSPS) is 23.2. The van der Waals surface area contributed by atoms with E-state index in [1.165, 1.54) is 19.2 Å². The molecule has 0 radical (unpaired) electrons. The quantitative estimate of drug-likeness (QED) is 0.678. The van der Waals surface area contributed by atoms with Gasteiger partial charge in [-0.15, -0.1) is 0 Å². The lowest BCUT2D eigenvalue weighted by Gasteiger charge is -2.36. The van der Waals surface area contributed by atoms with Gasteiger partial charge in [-0.2, -0.15) is 0 Å². The first-order valence-electron chi connectivity index (χ1n) is 10.2. The van der Waals surface area contributed by atoms with Crippen LogP contribution in [0.25, 0.3) is 0 Å². The van der Waals surface area contributed by atoms with Crippen molar-refractivity contribution < 1.29 is 23.5 Å². The summed E-state index contributed by atoms with van der Waals surface area (Å²) in [5.41, 5.74) is 3.58.